The molecule has 1 aliphatic rings. The molecule has 1 aliphatic heterocycles. The molecule has 0 aliphatic carbocycles. The van der Waals surface area contributed by atoms with Crippen molar-refractivity contribution in [3.05, 3.63) is 95.1 Å². The number of carbonyl (C=O) groups excluding carboxylic acids is 1. The fraction of sp³-hybridized carbons (Fsp3) is 0.136. The molecule has 29 heavy (non-hydrogen) atoms. The van der Waals surface area contributed by atoms with Crippen molar-refractivity contribution in [2.24, 2.45) is 0 Å². The molecule has 1 fully saturated rings. The van der Waals surface area contributed by atoms with Crippen molar-refractivity contribution in [3.63, 3.8) is 0 Å². The van der Waals surface area contributed by atoms with Crippen LogP contribution in [0.2, 0.25) is 0 Å². The van der Waals surface area contributed by atoms with Crippen LogP contribution in [0.3, 0.4) is 0 Å². The smallest absolute Gasteiger partial charge is 0.408 e. The second-order valence-corrected chi connectivity index (χ2v) is 6.73. The van der Waals surface area contributed by atoms with Crippen molar-refractivity contribution >= 4 is 6.09 Å². The van der Waals surface area contributed by atoms with Gasteiger partial charge in [0.15, 0.2) is 5.60 Å². The number of benzene rings is 1. The summed E-state index contributed by atoms with van der Waals surface area (Å²) in [6.45, 7) is 1.75. The van der Waals surface area contributed by atoms with Gasteiger partial charge in [-0.05, 0) is 42.3 Å². The number of aromatic nitrogens is 2. The van der Waals surface area contributed by atoms with Gasteiger partial charge in [0.1, 0.15) is 17.7 Å². The number of alkyl carbamates (subject to hydrolysis) is 1. The predicted molar refractivity (Wildman–Crippen MR) is 101 cm³/mol. The first-order valence-electron chi connectivity index (χ1n) is 8.77. The van der Waals surface area contributed by atoms with E-state index in [2.05, 4.69) is 27.1 Å². The summed E-state index contributed by atoms with van der Waals surface area (Å²) in [6, 6.07) is 8.30. The van der Waals surface area contributed by atoms with Crippen molar-refractivity contribution in [2.75, 3.05) is 0 Å². The highest BCUT2D eigenvalue weighted by Gasteiger charge is 2.47. The Kier molecular flexibility index (Phi) is 4.69. The van der Waals surface area contributed by atoms with Crippen LogP contribution in [-0.2, 0) is 10.3 Å². The van der Waals surface area contributed by atoms with Crippen molar-refractivity contribution < 1.29 is 18.3 Å². The number of nitrogens with zero attached hydrogens (tertiary/aromatic N) is 2. The molecule has 1 amide bonds. The Morgan fingerprint density at radius 2 is 1.62 bits per heavy atom. The van der Waals surface area contributed by atoms with Crippen LogP contribution in [0.1, 0.15) is 35.2 Å². The number of pyridine rings is 2. The normalized spacial score (nSPS) is 20.4. The Labute approximate surface area is 165 Å². The number of rotatable bonds is 2. The third kappa shape index (κ3) is 3.78. The third-order valence-electron chi connectivity index (χ3n) is 4.68. The molecule has 7 heteroatoms. The van der Waals surface area contributed by atoms with Crippen LogP contribution < -0.4 is 5.32 Å². The molecule has 3 aromatic rings. The predicted octanol–water partition coefficient (Wildman–Crippen LogP) is 3.85. The minimum atomic E-state index is -1.05. The molecule has 0 saturated carbocycles. The zero-order valence-electron chi connectivity index (χ0n) is 15.3. The van der Waals surface area contributed by atoms with Gasteiger partial charge in [0.2, 0.25) is 0 Å². The number of halogens is 2. The van der Waals surface area contributed by atoms with Crippen LogP contribution in [0.4, 0.5) is 13.6 Å². The number of ether oxygens (including phenoxy) is 1. The first-order valence-corrected chi connectivity index (χ1v) is 8.77. The van der Waals surface area contributed by atoms with Crippen LogP contribution in [0.25, 0.3) is 0 Å². The van der Waals surface area contributed by atoms with E-state index in [-0.39, 0.29) is 5.82 Å². The second-order valence-electron chi connectivity index (χ2n) is 6.73. The van der Waals surface area contributed by atoms with E-state index in [9.17, 15) is 13.6 Å². The molecule has 5 nitrogen and oxygen atoms in total. The van der Waals surface area contributed by atoms with E-state index in [1.807, 2.05) is 0 Å². The van der Waals surface area contributed by atoms with E-state index in [4.69, 9.17) is 4.74 Å². The standard InChI is InChI=1S/C22H15F2N3O2/c1-22(17-4-6-18(23)7-5-17)20(27-21(28)29-22)16-8-14(10-25-12-16)2-3-15-9-19(24)13-26-11-15/h4-13,20H,1H3,(H,27,28)/t20-,22-/m1/s1. The average Bonchev–Trinajstić information content (AvgIpc) is 3.02. The average molecular weight is 391 g/mol. The summed E-state index contributed by atoms with van der Waals surface area (Å²) < 4.78 is 32.1. The lowest BCUT2D eigenvalue weighted by molar-refractivity contribution is 0.0493. The van der Waals surface area contributed by atoms with Crippen LogP contribution >= 0.6 is 0 Å². The molecular weight excluding hydrogens is 376 g/mol. The van der Waals surface area contributed by atoms with E-state index < -0.39 is 23.6 Å². The highest BCUT2D eigenvalue weighted by Crippen LogP contribution is 2.42. The zero-order valence-corrected chi connectivity index (χ0v) is 15.3. The fourth-order valence-corrected chi connectivity index (χ4v) is 3.25. The Hall–Kier alpha value is -3.79. The maximum absolute atomic E-state index is 13.3. The van der Waals surface area contributed by atoms with Crippen molar-refractivity contribution in [1.82, 2.24) is 15.3 Å². The fourth-order valence-electron chi connectivity index (χ4n) is 3.25. The van der Waals surface area contributed by atoms with Gasteiger partial charge >= 0.3 is 6.09 Å². The monoisotopic (exact) mass is 391 g/mol. The summed E-state index contributed by atoms with van der Waals surface area (Å²) in [7, 11) is 0. The van der Waals surface area contributed by atoms with E-state index in [1.54, 1.807) is 37.5 Å². The highest BCUT2D eigenvalue weighted by molar-refractivity contribution is 5.72. The van der Waals surface area contributed by atoms with Gasteiger partial charge in [-0.25, -0.2) is 13.6 Å². The summed E-state index contributed by atoms with van der Waals surface area (Å²) in [4.78, 5) is 20.0. The van der Waals surface area contributed by atoms with Crippen molar-refractivity contribution in [3.8, 4) is 11.8 Å². The molecule has 2 aromatic heterocycles. The molecule has 2 atom stereocenters. The van der Waals surface area contributed by atoms with Crippen molar-refractivity contribution in [2.45, 2.75) is 18.6 Å². The van der Waals surface area contributed by atoms with E-state index >= 15 is 0 Å². The van der Waals surface area contributed by atoms with Gasteiger partial charge in [-0.3, -0.25) is 9.97 Å². The number of cyclic esters (lactones) is 1. The lowest BCUT2D eigenvalue weighted by Crippen LogP contribution is -2.31. The molecule has 0 bridgehead atoms. The Bertz CT molecular complexity index is 1140. The minimum absolute atomic E-state index is 0.378. The molecule has 1 saturated heterocycles. The number of carbonyl (C=O) groups is 1. The van der Waals surface area contributed by atoms with Crippen LogP contribution in [0, 0.1) is 23.5 Å². The topological polar surface area (TPSA) is 64.1 Å². The quantitative estimate of drug-likeness (QED) is 0.674. The largest absolute Gasteiger partial charge is 0.436 e. The first-order chi connectivity index (χ1) is 13.9. The Balaban J connectivity index is 1.68. The summed E-state index contributed by atoms with van der Waals surface area (Å²) in [5, 5.41) is 2.78. The number of nitrogens with one attached hydrogen (secondary N) is 1. The molecular formula is C22H15F2N3O2. The number of hydrogen-bond donors (Lipinski definition) is 1. The zero-order chi connectivity index (χ0) is 20.4. The maximum Gasteiger partial charge on any atom is 0.408 e. The van der Waals surface area contributed by atoms with E-state index in [0.717, 1.165) is 6.20 Å². The summed E-state index contributed by atoms with van der Waals surface area (Å²) in [5.41, 5.74) is 1.28. The lowest BCUT2D eigenvalue weighted by Gasteiger charge is -2.29. The van der Waals surface area contributed by atoms with Crippen LogP contribution in [0.5, 0.6) is 0 Å². The van der Waals surface area contributed by atoms with Gasteiger partial charge in [0.05, 0.1) is 6.20 Å². The second kappa shape index (κ2) is 7.32. The van der Waals surface area contributed by atoms with Gasteiger partial charge < -0.3 is 10.1 Å². The highest BCUT2D eigenvalue weighted by atomic mass is 19.1. The van der Waals surface area contributed by atoms with Gasteiger partial charge in [-0.15, -0.1) is 0 Å². The lowest BCUT2D eigenvalue weighted by atomic mass is 9.85. The molecule has 3 heterocycles. The Morgan fingerprint density at radius 1 is 0.966 bits per heavy atom. The summed E-state index contributed by atoms with van der Waals surface area (Å²) in [6.07, 6.45) is 5.16. The molecule has 144 valence electrons. The van der Waals surface area contributed by atoms with Crippen LogP contribution in [-0.4, -0.2) is 16.1 Å². The molecule has 0 spiro atoms. The number of hydrogen-bond acceptors (Lipinski definition) is 4. The van der Waals surface area contributed by atoms with E-state index in [0.29, 0.717) is 22.3 Å². The molecule has 0 radical (unpaired) electrons. The minimum Gasteiger partial charge on any atom is -0.436 e. The van der Waals surface area contributed by atoms with Gasteiger partial charge in [0.25, 0.3) is 0 Å². The molecule has 0 unspecified atom stereocenters. The number of amides is 1. The first kappa shape index (κ1) is 18.6. The summed E-state index contributed by atoms with van der Waals surface area (Å²) >= 11 is 0. The van der Waals surface area contributed by atoms with Crippen LogP contribution in [0.15, 0.2) is 61.2 Å². The van der Waals surface area contributed by atoms with Crippen molar-refractivity contribution in [1.29, 1.82) is 0 Å². The van der Waals surface area contributed by atoms with E-state index in [1.165, 1.54) is 24.4 Å². The van der Waals surface area contributed by atoms with Gasteiger partial charge in [0, 0.05) is 29.7 Å². The maximum atomic E-state index is 13.3. The molecule has 1 aromatic carbocycles. The SMILES string of the molecule is C[C@]1(c2ccc(F)cc2)OC(=O)N[C@@H]1c1cncc(C#Cc2cncc(F)c2)c1. The Morgan fingerprint density at radius 3 is 2.31 bits per heavy atom. The third-order valence-corrected chi connectivity index (χ3v) is 4.68. The van der Waals surface area contributed by atoms with Gasteiger partial charge in [-0.2, -0.15) is 0 Å². The molecule has 4 rings (SSSR count). The summed E-state index contributed by atoms with van der Waals surface area (Å²) in [5.74, 6) is 4.90. The van der Waals surface area contributed by atoms with Gasteiger partial charge in [-0.1, -0.05) is 24.0 Å². The molecule has 1 N–H and O–H groups in total.